The first-order chi connectivity index (χ1) is 16.5. The Balaban J connectivity index is 1.08. The van der Waals surface area contributed by atoms with Crippen molar-refractivity contribution >= 4 is 21.6 Å². The molecule has 2 aromatic carbocycles. The highest BCUT2D eigenvalue weighted by Crippen LogP contribution is 2.25. The topological polar surface area (TPSA) is 79.5 Å². The van der Waals surface area contributed by atoms with Crippen LogP contribution in [-0.2, 0) is 6.54 Å². The number of para-hydroxylation sites is 1. The molecule has 0 bridgehead atoms. The van der Waals surface area contributed by atoms with Gasteiger partial charge in [0.2, 0.25) is 0 Å². The van der Waals surface area contributed by atoms with E-state index in [9.17, 15) is 5.11 Å². The zero-order valence-corrected chi connectivity index (χ0v) is 20.4. The van der Waals surface area contributed by atoms with E-state index in [1.165, 1.54) is 0 Å². The first-order valence-corrected chi connectivity index (χ1v) is 12.5. The predicted molar refractivity (Wildman–Crippen MR) is 134 cm³/mol. The second kappa shape index (κ2) is 10.2. The maximum Gasteiger partial charge on any atom is 0.121 e. The fourth-order valence-electron chi connectivity index (χ4n) is 4.23. The molecule has 1 saturated heterocycles. The van der Waals surface area contributed by atoms with Crippen molar-refractivity contribution in [3.8, 4) is 11.4 Å². The van der Waals surface area contributed by atoms with Crippen LogP contribution in [0.3, 0.4) is 0 Å². The molecule has 0 radical (unpaired) electrons. The molecular weight excluding hydrogens is 448 g/mol. The van der Waals surface area contributed by atoms with Crippen LogP contribution in [0.2, 0.25) is 0 Å². The predicted octanol–water partition coefficient (Wildman–Crippen LogP) is 3.05. The van der Waals surface area contributed by atoms with Gasteiger partial charge in [0.25, 0.3) is 0 Å². The molecule has 1 fully saturated rings. The van der Waals surface area contributed by atoms with E-state index in [-0.39, 0.29) is 6.61 Å². The summed E-state index contributed by atoms with van der Waals surface area (Å²) >= 11 is 1.67. The van der Waals surface area contributed by atoms with Gasteiger partial charge in [-0.2, -0.15) is 15.0 Å². The van der Waals surface area contributed by atoms with Crippen LogP contribution in [-0.4, -0.2) is 80.3 Å². The molecule has 1 atom stereocenters. The smallest absolute Gasteiger partial charge is 0.121 e. The highest BCUT2D eigenvalue weighted by Gasteiger charge is 2.21. The van der Waals surface area contributed by atoms with Crippen LogP contribution >= 0.6 is 11.3 Å². The maximum atomic E-state index is 10.5. The second-order valence-corrected chi connectivity index (χ2v) is 10.00. The molecule has 1 aliphatic heterocycles. The highest BCUT2D eigenvalue weighted by atomic mass is 32.1. The summed E-state index contributed by atoms with van der Waals surface area (Å²) in [5.41, 5.74) is 3.90. The van der Waals surface area contributed by atoms with E-state index in [1.807, 2.05) is 62.4 Å². The number of rotatable bonds is 8. The van der Waals surface area contributed by atoms with E-state index in [0.717, 1.165) is 70.8 Å². The van der Waals surface area contributed by atoms with Crippen LogP contribution in [0, 0.1) is 13.8 Å². The molecular formula is C25H30N6O2S. The van der Waals surface area contributed by atoms with Gasteiger partial charge in [-0.3, -0.25) is 9.80 Å². The van der Waals surface area contributed by atoms with E-state index < -0.39 is 6.10 Å². The van der Waals surface area contributed by atoms with Gasteiger partial charge in [0.05, 0.1) is 26.6 Å². The average molecular weight is 479 g/mol. The summed E-state index contributed by atoms with van der Waals surface area (Å²) in [4.78, 5) is 10.9. The number of ether oxygens (including phenoxy) is 1. The normalized spacial score (nSPS) is 16.2. The van der Waals surface area contributed by atoms with Crippen molar-refractivity contribution < 1.29 is 9.84 Å². The molecule has 2 aromatic heterocycles. The van der Waals surface area contributed by atoms with Crippen LogP contribution in [0.4, 0.5) is 0 Å². The van der Waals surface area contributed by atoms with Crippen molar-refractivity contribution in [2.45, 2.75) is 26.5 Å². The standard InChI is InChI=1S/C25H30N6O2S/c1-18-24(28-31(27-18)20-6-4-3-5-7-20)16-30-12-10-29(11-13-30)15-21(32)17-33-22-8-9-25-23(14-22)26-19(2)34-25/h3-9,14,21,32H,10-13,15-17H2,1-2H3/t21-/m1/s1. The number of hydrogen-bond donors (Lipinski definition) is 1. The fraction of sp³-hybridized carbons (Fsp3) is 0.400. The molecule has 0 aliphatic carbocycles. The molecule has 0 saturated carbocycles. The second-order valence-electron chi connectivity index (χ2n) is 8.76. The number of nitrogens with zero attached hydrogens (tertiary/aromatic N) is 6. The number of aliphatic hydroxyl groups excluding tert-OH is 1. The fourth-order valence-corrected chi connectivity index (χ4v) is 5.04. The molecule has 178 valence electrons. The van der Waals surface area contributed by atoms with Crippen molar-refractivity contribution in [2.24, 2.45) is 0 Å². The number of piperazine rings is 1. The quantitative estimate of drug-likeness (QED) is 0.417. The number of aryl methyl sites for hydroxylation is 2. The van der Waals surface area contributed by atoms with Crippen molar-refractivity contribution in [3.63, 3.8) is 0 Å². The minimum absolute atomic E-state index is 0.274. The summed E-state index contributed by atoms with van der Waals surface area (Å²) in [5, 5.41) is 20.8. The van der Waals surface area contributed by atoms with Crippen molar-refractivity contribution in [3.05, 3.63) is 64.9 Å². The first-order valence-electron chi connectivity index (χ1n) is 11.6. The summed E-state index contributed by atoms with van der Waals surface area (Å²) in [6.07, 6.45) is -0.535. The molecule has 0 unspecified atom stereocenters. The van der Waals surface area contributed by atoms with Gasteiger partial charge in [0.1, 0.15) is 24.2 Å². The Morgan fingerprint density at radius 1 is 1.00 bits per heavy atom. The van der Waals surface area contributed by atoms with E-state index in [0.29, 0.717) is 6.54 Å². The molecule has 3 heterocycles. The lowest BCUT2D eigenvalue weighted by Crippen LogP contribution is -2.48. The Morgan fingerprint density at radius 3 is 2.56 bits per heavy atom. The average Bonchev–Trinajstić information content (AvgIpc) is 3.40. The lowest BCUT2D eigenvalue weighted by Gasteiger charge is -2.35. The van der Waals surface area contributed by atoms with Gasteiger partial charge in [-0.05, 0) is 38.1 Å². The maximum absolute atomic E-state index is 10.5. The van der Waals surface area contributed by atoms with E-state index >= 15 is 0 Å². The summed E-state index contributed by atoms with van der Waals surface area (Å²) in [5.74, 6) is 0.751. The van der Waals surface area contributed by atoms with Gasteiger partial charge >= 0.3 is 0 Å². The number of thiazole rings is 1. The van der Waals surface area contributed by atoms with Crippen LogP contribution in [0.15, 0.2) is 48.5 Å². The molecule has 4 aromatic rings. The first kappa shape index (κ1) is 22.9. The Bertz CT molecular complexity index is 1230. The highest BCUT2D eigenvalue weighted by molar-refractivity contribution is 7.18. The van der Waals surface area contributed by atoms with E-state index in [2.05, 4.69) is 19.9 Å². The Morgan fingerprint density at radius 2 is 1.76 bits per heavy atom. The molecule has 34 heavy (non-hydrogen) atoms. The lowest BCUT2D eigenvalue weighted by atomic mass is 10.2. The Kier molecular flexibility index (Phi) is 6.87. The Hall–Kier alpha value is -2.85. The van der Waals surface area contributed by atoms with E-state index in [4.69, 9.17) is 9.84 Å². The van der Waals surface area contributed by atoms with Crippen molar-refractivity contribution in [2.75, 3.05) is 39.3 Å². The number of aliphatic hydroxyl groups is 1. The number of aromatic nitrogens is 4. The molecule has 1 N–H and O–H groups in total. The van der Waals surface area contributed by atoms with Crippen molar-refractivity contribution in [1.29, 1.82) is 0 Å². The van der Waals surface area contributed by atoms with Crippen LogP contribution < -0.4 is 4.74 Å². The molecule has 1 aliphatic rings. The number of fused-ring (bicyclic) bond motifs is 1. The van der Waals surface area contributed by atoms with Gasteiger partial charge in [-0.1, -0.05) is 18.2 Å². The van der Waals surface area contributed by atoms with Gasteiger partial charge in [-0.25, -0.2) is 4.98 Å². The third kappa shape index (κ3) is 5.44. The zero-order chi connectivity index (χ0) is 23.5. The van der Waals surface area contributed by atoms with Gasteiger partial charge in [-0.15, -0.1) is 11.3 Å². The van der Waals surface area contributed by atoms with Crippen LogP contribution in [0.5, 0.6) is 5.75 Å². The third-order valence-corrected chi connectivity index (χ3v) is 7.03. The third-order valence-electron chi connectivity index (χ3n) is 6.08. The SMILES string of the molecule is Cc1nc2cc(OC[C@H](O)CN3CCN(Cc4nn(-c5ccccc5)nc4C)CC3)ccc2s1. The Labute approximate surface area is 203 Å². The molecule has 5 rings (SSSR count). The molecule has 0 spiro atoms. The minimum atomic E-state index is -0.535. The lowest BCUT2D eigenvalue weighted by molar-refractivity contribution is 0.0444. The summed E-state index contributed by atoms with van der Waals surface area (Å²) in [6, 6.07) is 15.9. The molecule has 8 nitrogen and oxygen atoms in total. The molecule has 9 heteroatoms. The van der Waals surface area contributed by atoms with Crippen molar-refractivity contribution in [1.82, 2.24) is 29.8 Å². The minimum Gasteiger partial charge on any atom is -0.491 e. The van der Waals surface area contributed by atoms with Crippen LogP contribution in [0.25, 0.3) is 15.9 Å². The zero-order valence-electron chi connectivity index (χ0n) is 19.6. The molecule has 0 amide bonds. The number of β-amino-alcohol motifs (C(OH)–C–C–N with tert-alkyl or cyclic N) is 1. The summed E-state index contributed by atoms with van der Waals surface area (Å²) in [7, 11) is 0. The van der Waals surface area contributed by atoms with Gasteiger partial charge in [0.15, 0.2) is 0 Å². The monoisotopic (exact) mass is 478 g/mol. The number of hydrogen-bond acceptors (Lipinski definition) is 8. The summed E-state index contributed by atoms with van der Waals surface area (Å²) in [6.45, 7) is 9.38. The summed E-state index contributed by atoms with van der Waals surface area (Å²) < 4.78 is 6.99. The van der Waals surface area contributed by atoms with E-state index in [1.54, 1.807) is 16.1 Å². The van der Waals surface area contributed by atoms with Gasteiger partial charge < -0.3 is 9.84 Å². The van der Waals surface area contributed by atoms with Crippen LogP contribution in [0.1, 0.15) is 16.4 Å². The van der Waals surface area contributed by atoms with Gasteiger partial charge in [0, 0.05) is 45.3 Å². The number of benzene rings is 2. The largest absolute Gasteiger partial charge is 0.491 e.